The van der Waals surface area contributed by atoms with Gasteiger partial charge in [0.25, 0.3) is 0 Å². The van der Waals surface area contributed by atoms with Crippen LogP contribution in [-0.4, -0.2) is 0 Å². The zero-order valence-electron chi connectivity index (χ0n) is 20.6. The number of rotatable bonds is 13. The van der Waals surface area contributed by atoms with Gasteiger partial charge in [0.2, 0.25) is 0 Å². The molecular formula is C35H36. The van der Waals surface area contributed by atoms with E-state index in [2.05, 4.69) is 43.0 Å². The first-order chi connectivity index (χ1) is 17.4. The van der Waals surface area contributed by atoms with E-state index >= 15 is 0 Å². The van der Waals surface area contributed by atoms with Gasteiger partial charge in [0.15, 0.2) is 0 Å². The Hall–Kier alpha value is -4.42. The van der Waals surface area contributed by atoms with Crippen molar-refractivity contribution in [2.45, 2.75) is 6.92 Å². The first-order valence-corrected chi connectivity index (χ1v) is 11.7. The van der Waals surface area contributed by atoms with Crippen LogP contribution in [0.25, 0.3) is 0 Å². The molecule has 35 heavy (non-hydrogen) atoms. The first kappa shape index (κ1) is 28.6. The minimum Gasteiger partial charge on any atom is -0.0991 e. The molecule has 0 aromatic heterocycles. The van der Waals surface area contributed by atoms with Crippen LogP contribution >= 0.6 is 0 Å². The molecule has 0 heteroatoms. The monoisotopic (exact) mass is 456 g/mol. The highest BCUT2D eigenvalue weighted by Gasteiger charge is 1.88. The summed E-state index contributed by atoms with van der Waals surface area (Å²) >= 11 is 0. The molecule has 1 aliphatic rings. The van der Waals surface area contributed by atoms with E-state index < -0.39 is 0 Å². The van der Waals surface area contributed by atoms with Crippen LogP contribution in [0, 0.1) is 0 Å². The Morgan fingerprint density at radius 1 is 0.543 bits per heavy atom. The Balaban J connectivity index is 2.83. The molecule has 0 spiro atoms. The third-order valence-electron chi connectivity index (χ3n) is 4.17. The van der Waals surface area contributed by atoms with Gasteiger partial charge in [-0.2, -0.15) is 0 Å². The van der Waals surface area contributed by atoms with Crippen LogP contribution in [0.4, 0.5) is 0 Å². The van der Waals surface area contributed by atoms with Gasteiger partial charge in [0.1, 0.15) is 0 Å². The van der Waals surface area contributed by atoms with Crippen molar-refractivity contribution < 1.29 is 0 Å². The van der Waals surface area contributed by atoms with Crippen molar-refractivity contribution in [3.63, 3.8) is 0 Å². The lowest BCUT2D eigenvalue weighted by Gasteiger charge is -1.96. The minimum atomic E-state index is 1.10. The third kappa shape index (κ3) is 18.8. The molecule has 0 N–H and O–H groups in total. The highest BCUT2D eigenvalue weighted by molar-refractivity contribution is 5.44. The van der Waals surface area contributed by atoms with Gasteiger partial charge in [-0.3, -0.25) is 0 Å². The Morgan fingerprint density at radius 2 is 1.06 bits per heavy atom. The number of hydrogen-bond donors (Lipinski definition) is 0. The fourth-order valence-corrected chi connectivity index (χ4v) is 2.47. The first-order valence-electron chi connectivity index (χ1n) is 11.7. The van der Waals surface area contributed by atoms with Crippen molar-refractivity contribution in [3.8, 4) is 0 Å². The van der Waals surface area contributed by atoms with Gasteiger partial charge in [-0.1, -0.05) is 195 Å². The van der Waals surface area contributed by atoms with E-state index in [0.29, 0.717) is 0 Å². The van der Waals surface area contributed by atoms with E-state index in [1.807, 2.05) is 153 Å². The maximum atomic E-state index is 3.64. The van der Waals surface area contributed by atoms with Crippen molar-refractivity contribution in [1.29, 1.82) is 0 Å². The van der Waals surface area contributed by atoms with Crippen LogP contribution < -0.4 is 0 Å². The Morgan fingerprint density at radius 3 is 1.69 bits per heavy atom. The largest absolute Gasteiger partial charge is 0.0991 e. The predicted octanol–water partition coefficient (Wildman–Crippen LogP) is 9.85. The third-order valence-corrected chi connectivity index (χ3v) is 4.17. The molecule has 1 rings (SSSR count). The maximum absolute atomic E-state index is 3.64. The second kappa shape index (κ2) is 22.8. The van der Waals surface area contributed by atoms with Crippen molar-refractivity contribution in [2.24, 2.45) is 0 Å². The average Bonchev–Trinajstić information content (AvgIpc) is 2.85. The molecule has 0 aromatic carbocycles. The van der Waals surface area contributed by atoms with Crippen molar-refractivity contribution in [2.75, 3.05) is 0 Å². The normalized spacial score (nSPS) is 20.4. The highest BCUT2D eigenvalue weighted by atomic mass is 13.9. The summed E-state index contributed by atoms with van der Waals surface area (Å²) < 4.78 is 0. The zero-order valence-corrected chi connectivity index (χ0v) is 20.6. The molecule has 0 atom stereocenters. The van der Waals surface area contributed by atoms with Crippen LogP contribution in [0.5, 0.6) is 0 Å². The summed E-state index contributed by atoms with van der Waals surface area (Å²) in [5.74, 6) is 0. The lowest BCUT2D eigenvalue weighted by atomic mass is 10.1. The zero-order chi connectivity index (χ0) is 25.1. The Kier molecular flexibility index (Phi) is 18.6. The highest BCUT2D eigenvalue weighted by Crippen LogP contribution is 2.08. The topological polar surface area (TPSA) is 0 Å². The summed E-state index contributed by atoms with van der Waals surface area (Å²) in [5, 5.41) is 0. The van der Waals surface area contributed by atoms with E-state index in [0.717, 1.165) is 11.1 Å². The van der Waals surface area contributed by atoms with Crippen LogP contribution in [-0.2, 0) is 0 Å². The van der Waals surface area contributed by atoms with Gasteiger partial charge in [0, 0.05) is 0 Å². The summed E-state index contributed by atoms with van der Waals surface area (Å²) in [4.78, 5) is 0. The molecule has 176 valence electrons. The van der Waals surface area contributed by atoms with Crippen molar-refractivity contribution in [1.82, 2.24) is 0 Å². The van der Waals surface area contributed by atoms with Gasteiger partial charge in [-0.05, 0) is 18.1 Å². The van der Waals surface area contributed by atoms with Crippen LogP contribution in [0.1, 0.15) is 6.92 Å². The molecular weight excluding hydrogens is 420 g/mol. The molecule has 0 nitrogen and oxygen atoms in total. The lowest BCUT2D eigenvalue weighted by Crippen LogP contribution is -1.75. The predicted molar refractivity (Wildman–Crippen MR) is 160 cm³/mol. The van der Waals surface area contributed by atoms with Crippen LogP contribution in [0.3, 0.4) is 0 Å². The fourth-order valence-electron chi connectivity index (χ4n) is 2.47. The fraction of sp³-hybridized carbons (Fsp3) is 0.0286. The summed E-state index contributed by atoms with van der Waals surface area (Å²) in [6.07, 6.45) is 62.5. The molecule has 0 saturated carbocycles. The van der Waals surface area contributed by atoms with E-state index in [9.17, 15) is 0 Å². The van der Waals surface area contributed by atoms with E-state index in [-0.39, 0.29) is 0 Å². The summed E-state index contributed by atoms with van der Waals surface area (Å²) in [6.45, 7) is 5.65. The van der Waals surface area contributed by atoms with Gasteiger partial charge in [-0.15, -0.1) is 0 Å². The average molecular weight is 457 g/mol. The molecule has 0 radical (unpaired) electrons. The number of hydrogen-bond acceptors (Lipinski definition) is 0. The van der Waals surface area contributed by atoms with Gasteiger partial charge < -0.3 is 0 Å². The van der Waals surface area contributed by atoms with Gasteiger partial charge in [-0.25, -0.2) is 0 Å². The molecule has 0 fully saturated rings. The Labute approximate surface area is 212 Å². The molecule has 0 amide bonds. The van der Waals surface area contributed by atoms with Crippen molar-refractivity contribution >= 4 is 0 Å². The molecule has 0 aliphatic heterocycles. The lowest BCUT2D eigenvalue weighted by molar-refractivity contribution is 1.60. The SMILES string of the molecule is C=C/C=C/C=C/C=C/C=C/C=C/C(=C/C=C/C=C/C=C/C=C/C=C/C)/C=C/C1=C/C=C\C=C/C=C\1. The second-order valence-corrected chi connectivity index (χ2v) is 7.00. The molecule has 0 aromatic rings. The smallest absolute Gasteiger partial charge is 0.0256 e. The summed E-state index contributed by atoms with van der Waals surface area (Å²) in [5.41, 5.74) is 2.24. The van der Waals surface area contributed by atoms with Crippen LogP contribution in [0.15, 0.2) is 206 Å². The van der Waals surface area contributed by atoms with Gasteiger partial charge in [0.05, 0.1) is 0 Å². The summed E-state index contributed by atoms with van der Waals surface area (Å²) in [6, 6.07) is 0. The number of allylic oxidation sites excluding steroid dienone is 33. The summed E-state index contributed by atoms with van der Waals surface area (Å²) in [7, 11) is 0. The molecule has 0 bridgehead atoms. The molecule has 0 unspecified atom stereocenters. The van der Waals surface area contributed by atoms with E-state index in [1.165, 1.54) is 0 Å². The standard InChI is InChI=1S/C35H36/c1-3-5-7-9-11-13-15-17-20-24-28-34(32-33-35-30-26-22-19-23-27-31-35)29-25-21-18-16-14-12-10-8-6-4-2/h3-33H,1H2,2H3/b6-4+,7-5+,10-8+,11-9+,14-12+,15-13+,18-16+,20-17+,22-19-,23-19?,25-21+,26-22?,27-23-,28-24+,30-26-,31-27?,33-32+,34-29-,35-30?,35-31+. The van der Waals surface area contributed by atoms with Crippen LogP contribution in [0.2, 0.25) is 0 Å². The Bertz CT molecular complexity index is 1080. The van der Waals surface area contributed by atoms with Crippen molar-refractivity contribution in [3.05, 3.63) is 206 Å². The quantitative estimate of drug-likeness (QED) is 0.242. The van der Waals surface area contributed by atoms with E-state index in [1.54, 1.807) is 6.08 Å². The van der Waals surface area contributed by atoms with Gasteiger partial charge >= 0.3 is 0 Å². The second-order valence-electron chi connectivity index (χ2n) is 7.00. The maximum Gasteiger partial charge on any atom is -0.0256 e. The molecule has 0 saturated heterocycles. The molecule has 0 heterocycles. The van der Waals surface area contributed by atoms with E-state index in [4.69, 9.17) is 0 Å². The molecule has 1 aliphatic carbocycles. The minimum absolute atomic E-state index is 1.10.